The van der Waals surface area contributed by atoms with Gasteiger partial charge < -0.3 is 0 Å². The minimum Gasteiger partial charge on any atom is -0.0752 e. The van der Waals surface area contributed by atoms with Gasteiger partial charge in [0.15, 0.2) is 0 Å². The van der Waals surface area contributed by atoms with Gasteiger partial charge in [0.2, 0.25) is 0 Å². The summed E-state index contributed by atoms with van der Waals surface area (Å²) in [5, 5.41) is 3.25. The summed E-state index contributed by atoms with van der Waals surface area (Å²) in [5.41, 5.74) is 8.71. The lowest BCUT2D eigenvalue weighted by Crippen LogP contribution is -2.16. The van der Waals surface area contributed by atoms with E-state index < -0.39 is 0 Å². The van der Waals surface area contributed by atoms with Gasteiger partial charge in [-0.3, -0.25) is 0 Å². The number of allylic oxidation sites excluding steroid dienone is 4. The predicted octanol–water partition coefficient (Wildman–Crippen LogP) is 4.25. The van der Waals surface area contributed by atoms with Crippen molar-refractivity contribution in [1.82, 2.24) is 0 Å². The van der Waals surface area contributed by atoms with E-state index in [9.17, 15) is 0 Å². The van der Waals surface area contributed by atoms with E-state index >= 15 is 0 Å². The second-order valence-corrected chi connectivity index (χ2v) is 8.62. The van der Waals surface area contributed by atoms with Crippen LogP contribution in [0.1, 0.15) is 37.0 Å². The average Bonchev–Trinajstić information content (AvgIpc) is 2.73. The van der Waals surface area contributed by atoms with Crippen LogP contribution in [0.4, 0.5) is 0 Å². The maximum absolute atomic E-state index is 2.34. The van der Waals surface area contributed by atoms with Crippen LogP contribution in [-0.4, -0.2) is 9.52 Å². The topological polar surface area (TPSA) is 0 Å². The first kappa shape index (κ1) is 15.0. The number of benzene rings is 2. The van der Waals surface area contributed by atoms with Crippen LogP contribution in [0.3, 0.4) is 0 Å². The molecule has 0 saturated heterocycles. The van der Waals surface area contributed by atoms with Crippen LogP contribution in [0.15, 0.2) is 64.9 Å². The summed E-state index contributed by atoms with van der Waals surface area (Å²) >= 11 is 0. The molecular formula is C21H24Si. The van der Waals surface area contributed by atoms with Crippen LogP contribution in [0.5, 0.6) is 0 Å². The molecule has 0 radical (unpaired) electrons. The van der Waals surface area contributed by atoms with Crippen molar-refractivity contribution < 1.29 is 0 Å². The van der Waals surface area contributed by atoms with E-state index in [1.54, 1.807) is 16.0 Å². The summed E-state index contributed by atoms with van der Waals surface area (Å²) in [6, 6.07) is 17.9. The largest absolute Gasteiger partial charge is 0.0832 e. The molecule has 0 nitrogen and oxygen atoms in total. The van der Waals surface area contributed by atoms with Gasteiger partial charge in [0, 0.05) is 0 Å². The van der Waals surface area contributed by atoms with Crippen molar-refractivity contribution in [3.8, 4) is 0 Å². The highest BCUT2D eigenvalue weighted by Gasteiger charge is 2.20. The molecule has 0 bridgehead atoms. The SMILES string of the molecule is CC1=C(c2cc(C)cc(C)c2)C(C)=C([SiH2]c2ccccc2)C1. The Labute approximate surface area is 136 Å². The molecule has 2 aromatic carbocycles. The van der Waals surface area contributed by atoms with Crippen LogP contribution in [0, 0.1) is 13.8 Å². The normalized spacial score (nSPS) is 15.5. The van der Waals surface area contributed by atoms with Gasteiger partial charge in [-0.2, -0.15) is 0 Å². The van der Waals surface area contributed by atoms with Crippen LogP contribution in [-0.2, 0) is 0 Å². The third-order valence-corrected chi connectivity index (χ3v) is 6.67. The number of hydrogen-bond donors (Lipinski definition) is 0. The van der Waals surface area contributed by atoms with E-state index in [4.69, 9.17) is 0 Å². The van der Waals surface area contributed by atoms with E-state index in [0.29, 0.717) is 0 Å². The maximum atomic E-state index is 2.34. The zero-order valence-corrected chi connectivity index (χ0v) is 15.4. The van der Waals surface area contributed by atoms with Crippen LogP contribution in [0.2, 0.25) is 0 Å². The molecule has 0 amide bonds. The number of aryl methyl sites for hydroxylation is 2. The first-order valence-corrected chi connectivity index (χ1v) is 9.47. The lowest BCUT2D eigenvalue weighted by Gasteiger charge is -2.10. The van der Waals surface area contributed by atoms with Gasteiger partial charge in [-0.25, -0.2) is 0 Å². The molecule has 3 rings (SSSR count). The summed E-state index contributed by atoms with van der Waals surface area (Å²) in [6.07, 6.45) is 1.18. The fourth-order valence-corrected chi connectivity index (χ4v) is 5.60. The Balaban J connectivity index is 1.96. The lowest BCUT2D eigenvalue weighted by atomic mass is 9.95. The Morgan fingerprint density at radius 2 is 1.45 bits per heavy atom. The first-order chi connectivity index (χ1) is 10.5. The Bertz CT molecular complexity index is 743. The van der Waals surface area contributed by atoms with Crippen molar-refractivity contribution in [3.05, 3.63) is 81.6 Å². The number of hydrogen-bond acceptors (Lipinski definition) is 0. The summed E-state index contributed by atoms with van der Waals surface area (Å²) in [4.78, 5) is 0. The highest BCUT2D eigenvalue weighted by Crippen LogP contribution is 2.38. The van der Waals surface area contributed by atoms with Crippen LogP contribution < -0.4 is 5.19 Å². The third kappa shape index (κ3) is 3.00. The van der Waals surface area contributed by atoms with E-state index in [1.807, 2.05) is 0 Å². The minimum atomic E-state index is -0.332. The van der Waals surface area contributed by atoms with E-state index in [2.05, 4.69) is 76.2 Å². The van der Waals surface area contributed by atoms with Gasteiger partial charge in [-0.15, -0.1) is 0 Å². The van der Waals surface area contributed by atoms with Gasteiger partial charge in [0.05, 0.1) is 9.52 Å². The van der Waals surface area contributed by atoms with Crippen molar-refractivity contribution in [2.75, 3.05) is 0 Å². The second-order valence-electron chi connectivity index (χ2n) is 6.60. The van der Waals surface area contributed by atoms with Crippen LogP contribution >= 0.6 is 0 Å². The van der Waals surface area contributed by atoms with Crippen molar-refractivity contribution in [2.45, 2.75) is 34.1 Å². The molecule has 0 aliphatic heterocycles. The molecule has 0 fully saturated rings. The molecule has 0 saturated carbocycles. The molecule has 0 heterocycles. The molecule has 0 unspecified atom stereocenters. The molecule has 2 aromatic rings. The first-order valence-electron chi connectivity index (χ1n) is 8.06. The monoisotopic (exact) mass is 304 g/mol. The smallest absolute Gasteiger partial charge is 0.0752 e. The molecule has 112 valence electrons. The van der Waals surface area contributed by atoms with Crippen molar-refractivity contribution in [3.63, 3.8) is 0 Å². The van der Waals surface area contributed by atoms with Crippen molar-refractivity contribution in [2.24, 2.45) is 0 Å². The molecule has 1 aliphatic carbocycles. The number of rotatable bonds is 3. The quantitative estimate of drug-likeness (QED) is 0.744. The average molecular weight is 305 g/mol. The standard InChI is InChI=1S/C21H24Si/c1-14-10-15(2)12-18(11-14)21-16(3)13-20(17(21)4)22-19-8-6-5-7-9-19/h5-12H,13,22H2,1-4H3. The Hall–Kier alpha value is -1.86. The summed E-state index contributed by atoms with van der Waals surface area (Å²) in [6.45, 7) is 9.03. The zero-order chi connectivity index (χ0) is 15.7. The van der Waals surface area contributed by atoms with Crippen molar-refractivity contribution >= 4 is 20.3 Å². The predicted molar refractivity (Wildman–Crippen MR) is 100 cm³/mol. The molecule has 1 heteroatoms. The van der Waals surface area contributed by atoms with Crippen LogP contribution in [0.25, 0.3) is 5.57 Å². The van der Waals surface area contributed by atoms with E-state index in [0.717, 1.165) is 0 Å². The van der Waals surface area contributed by atoms with Crippen molar-refractivity contribution in [1.29, 1.82) is 0 Å². The van der Waals surface area contributed by atoms with Gasteiger partial charge in [-0.1, -0.05) is 75.6 Å². The zero-order valence-electron chi connectivity index (χ0n) is 14.0. The Morgan fingerprint density at radius 1 is 0.818 bits per heavy atom. The molecule has 22 heavy (non-hydrogen) atoms. The van der Waals surface area contributed by atoms with Gasteiger partial charge in [0.25, 0.3) is 0 Å². The third-order valence-electron chi connectivity index (χ3n) is 4.58. The fourth-order valence-electron chi connectivity index (χ4n) is 3.66. The van der Waals surface area contributed by atoms with E-state index in [-0.39, 0.29) is 9.52 Å². The maximum Gasteiger partial charge on any atom is 0.0832 e. The molecule has 0 N–H and O–H groups in total. The molecule has 0 atom stereocenters. The second kappa shape index (κ2) is 6.10. The molecular weight excluding hydrogens is 280 g/mol. The van der Waals surface area contributed by atoms with Gasteiger partial charge >= 0.3 is 0 Å². The van der Waals surface area contributed by atoms with Gasteiger partial charge in [0.1, 0.15) is 0 Å². The van der Waals surface area contributed by atoms with E-state index in [1.165, 1.54) is 34.3 Å². The van der Waals surface area contributed by atoms with Gasteiger partial charge in [-0.05, 0) is 50.8 Å². The fraction of sp³-hybridized carbons (Fsp3) is 0.238. The Kier molecular flexibility index (Phi) is 4.17. The molecule has 1 aliphatic rings. The highest BCUT2D eigenvalue weighted by atomic mass is 28.2. The summed E-state index contributed by atoms with van der Waals surface area (Å²) in [7, 11) is -0.332. The summed E-state index contributed by atoms with van der Waals surface area (Å²) < 4.78 is 0. The lowest BCUT2D eigenvalue weighted by molar-refractivity contribution is 1.22. The molecule has 0 spiro atoms. The summed E-state index contributed by atoms with van der Waals surface area (Å²) in [5.74, 6) is 0. The Morgan fingerprint density at radius 3 is 2.09 bits per heavy atom. The minimum absolute atomic E-state index is 0.332. The highest BCUT2D eigenvalue weighted by molar-refractivity contribution is 6.61. The molecule has 0 aromatic heterocycles.